The Morgan fingerprint density at radius 2 is 1.76 bits per heavy atom. The Bertz CT molecular complexity index is 1320. The molecule has 0 aliphatic carbocycles. The van der Waals surface area contributed by atoms with Gasteiger partial charge in [-0.05, 0) is 42.0 Å². The van der Waals surface area contributed by atoms with Crippen LogP contribution in [-0.4, -0.2) is 21.0 Å². The van der Waals surface area contributed by atoms with Gasteiger partial charge in [0.05, 0.1) is 5.69 Å². The van der Waals surface area contributed by atoms with E-state index in [0.717, 1.165) is 22.5 Å². The number of H-pyrrole nitrogens is 1. The molecule has 1 aliphatic heterocycles. The summed E-state index contributed by atoms with van der Waals surface area (Å²) in [7, 11) is 0. The van der Waals surface area contributed by atoms with Crippen molar-refractivity contribution in [3.05, 3.63) is 83.4 Å². The maximum Gasteiger partial charge on any atom is 0.235 e. The number of ketones is 1. The van der Waals surface area contributed by atoms with Crippen LogP contribution in [0.4, 0.5) is 4.39 Å². The lowest BCUT2D eigenvalue weighted by molar-refractivity contribution is 0.101. The van der Waals surface area contributed by atoms with E-state index in [1.165, 1.54) is 18.2 Å². The molecule has 0 unspecified atom stereocenters. The number of allylic oxidation sites excluding steroid dienone is 1. The monoisotopic (exact) mass is 387 g/mol. The SMILES string of the molecule is O=C1/C(=C/c2c(-c3ccc(F)cc3)[nH]c3ccccc23)Oc2cc(O)cc(O)c21. The van der Waals surface area contributed by atoms with Crippen molar-refractivity contribution in [2.24, 2.45) is 0 Å². The Kier molecular flexibility index (Phi) is 3.67. The van der Waals surface area contributed by atoms with E-state index in [2.05, 4.69) is 4.98 Å². The fourth-order valence-electron chi connectivity index (χ4n) is 3.57. The number of carbonyl (C=O) groups is 1. The molecule has 0 fully saturated rings. The topological polar surface area (TPSA) is 82.6 Å². The molecule has 1 aliphatic rings. The van der Waals surface area contributed by atoms with E-state index in [-0.39, 0.29) is 34.4 Å². The number of aromatic hydroxyl groups is 2. The molecule has 0 radical (unpaired) electrons. The van der Waals surface area contributed by atoms with E-state index in [0.29, 0.717) is 11.3 Å². The summed E-state index contributed by atoms with van der Waals surface area (Å²) < 4.78 is 19.0. The van der Waals surface area contributed by atoms with E-state index in [1.807, 2.05) is 24.3 Å². The minimum atomic E-state index is -0.479. The van der Waals surface area contributed by atoms with Crippen LogP contribution in [0.2, 0.25) is 0 Å². The Hall–Kier alpha value is -4.06. The molecular weight excluding hydrogens is 373 g/mol. The predicted octanol–water partition coefficient (Wildman–Crippen LogP) is 5.00. The van der Waals surface area contributed by atoms with Crippen LogP contribution < -0.4 is 4.74 Å². The minimum Gasteiger partial charge on any atom is -0.508 e. The van der Waals surface area contributed by atoms with Crippen LogP contribution in [0.15, 0.2) is 66.4 Å². The molecule has 0 saturated heterocycles. The summed E-state index contributed by atoms with van der Waals surface area (Å²) in [5.74, 6) is -1.24. The highest BCUT2D eigenvalue weighted by molar-refractivity contribution is 6.17. The first-order valence-corrected chi connectivity index (χ1v) is 8.88. The van der Waals surface area contributed by atoms with Crippen LogP contribution >= 0.6 is 0 Å². The van der Waals surface area contributed by atoms with Gasteiger partial charge in [-0.1, -0.05) is 18.2 Å². The first kappa shape index (κ1) is 17.1. The quantitative estimate of drug-likeness (QED) is 0.423. The van der Waals surface area contributed by atoms with Crippen LogP contribution in [0.25, 0.3) is 28.2 Å². The van der Waals surface area contributed by atoms with E-state index >= 15 is 0 Å². The number of aromatic nitrogens is 1. The van der Waals surface area contributed by atoms with Crippen LogP contribution in [0.3, 0.4) is 0 Å². The molecule has 0 atom stereocenters. The third-order valence-electron chi connectivity index (χ3n) is 4.89. The number of carbonyl (C=O) groups excluding carboxylic acids is 1. The average Bonchev–Trinajstić information content (AvgIpc) is 3.21. The second kappa shape index (κ2) is 6.24. The number of ether oxygens (including phenoxy) is 1. The molecule has 1 aromatic heterocycles. The van der Waals surface area contributed by atoms with Gasteiger partial charge in [0, 0.05) is 28.6 Å². The predicted molar refractivity (Wildman–Crippen MR) is 106 cm³/mol. The van der Waals surface area contributed by atoms with Crippen molar-refractivity contribution in [2.75, 3.05) is 0 Å². The van der Waals surface area contributed by atoms with E-state index < -0.39 is 5.78 Å². The lowest BCUT2D eigenvalue weighted by Crippen LogP contribution is -1.98. The lowest BCUT2D eigenvalue weighted by Gasteiger charge is -2.03. The Balaban J connectivity index is 1.69. The number of halogens is 1. The maximum atomic E-state index is 13.4. The van der Waals surface area contributed by atoms with Gasteiger partial charge >= 0.3 is 0 Å². The van der Waals surface area contributed by atoms with E-state index in [1.54, 1.807) is 18.2 Å². The number of Topliss-reactive ketones (excluding diaryl/α,β-unsaturated/α-hetero) is 1. The first-order valence-electron chi connectivity index (χ1n) is 8.88. The summed E-state index contributed by atoms with van der Waals surface area (Å²) in [5.41, 5.74) is 3.02. The number of para-hydroxylation sites is 1. The molecule has 3 aromatic carbocycles. The summed E-state index contributed by atoms with van der Waals surface area (Å²) >= 11 is 0. The zero-order chi connectivity index (χ0) is 20.1. The number of phenolic OH excluding ortho intramolecular Hbond substituents is 2. The molecule has 0 saturated carbocycles. The fraction of sp³-hybridized carbons (Fsp3) is 0. The molecule has 0 amide bonds. The molecule has 3 N–H and O–H groups in total. The van der Waals surface area contributed by atoms with Crippen LogP contribution in [0.5, 0.6) is 17.2 Å². The molecule has 2 heterocycles. The molecular formula is C23H14FNO4. The summed E-state index contributed by atoms with van der Waals surface area (Å²) in [6.07, 6.45) is 1.59. The summed E-state index contributed by atoms with van der Waals surface area (Å²) in [6, 6.07) is 16.0. The summed E-state index contributed by atoms with van der Waals surface area (Å²) in [5, 5.41) is 20.5. The van der Waals surface area contributed by atoms with Gasteiger partial charge in [0.1, 0.15) is 28.6 Å². The molecule has 29 heavy (non-hydrogen) atoms. The van der Waals surface area contributed by atoms with Crippen LogP contribution in [0, 0.1) is 5.82 Å². The van der Waals surface area contributed by atoms with Crippen molar-refractivity contribution in [1.29, 1.82) is 0 Å². The Morgan fingerprint density at radius 3 is 2.55 bits per heavy atom. The second-order valence-electron chi connectivity index (χ2n) is 6.74. The molecule has 0 spiro atoms. The second-order valence-corrected chi connectivity index (χ2v) is 6.74. The number of rotatable bonds is 2. The average molecular weight is 387 g/mol. The minimum absolute atomic E-state index is 0.0113. The third-order valence-corrected chi connectivity index (χ3v) is 4.89. The number of phenols is 2. The number of aromatic amines is 1. The lowest BCUT2D eigenvalue weighted by atomic mass is 10.0. The fourth-order valence-corrected chi connectivity index (χ4v) is 3.57. The summed E-state index contributed by atoms with van der Waals surface area (Å²) in [6.45, 7) is 0. The third kappa shape index (κ3) is 2.73. The molecule has 4 aromatic rings. The van der Waals surface area contributed by atoms with Crippen molar-refractivity contribution < 1.29 is 24.1 Å². The first-order chi connectivity index (χ1) is 14.0. The Labute approximate surface area is 164 Å². The number of benzene rings is 3. The normalized spacial score (nSPS) is 14.4. The van der Waals surface area contributed by atoms with Gasteiger partial charge in [0.15, 0.2) is 5.76 Å². The highest BCUT2D eigenvalue weighted by atomic mass is 19.1. The molecule has 5 rings (SSSR count). The van der Waals surface area contributed by atoms with Crippen LogP contribution in [0.1, 0.15) is 15.9 Å². The highest BCUT2D eigenvalue weighted by Crippen LogP contribution is 2.41. The maximum absolute atomic E-state index is 13.4. The smallest absolute Gasteiger partial charge is 0.235 e. The van der Waals surface area contributed by atoms with Gasteiger partial charge in [0.25, 0.3) is 0 Å². The van der Waals surface area contributed by atoms with Crippen molar-refractivity contribution >= 4 is 22.8 Å². The number of nitrogens with one attached hydrogen (secondary N) is 1. The molecule has 0 bridgehead atoms. The van der Waals surface area contributed by atoms with E-state index in [9.17, 15) is 19.4 Å². The number of hydrogen-bond donors (Lipinski definition) is 3. The van der Waals surface area contributed by atoms with E-state index in [4.69, 9.17) is 4.74 Å². The van der Waals surface area contributed by atoms with Gasteiger partial charge in [-0.25, -0.2) is 4.39 Å². The molecule has 142 valence electrons. The van der Waals surface area contributed by atoms with Gasteiger partial charge in [-0.15, -0.1) is 0 Å². The van der Waals surface area contributed by atoms with Crippen molar-refractivity contribution in [2.45, 2.75) is 0 Å². The van der Waals surface area contributed by atoms with Gasteiger partial charge in [-0.3, -0.25) is 4.79 Å². The van der Waals surface area contributed by atoms with Crippen molar-refractivity contribution in [1.82, 2.24) is 4.98 Å². The van der Waals surface area contributed by atoms with Crippen LogP contribution in [-0.2, 0) is 0 Å². The molecule has 6 heteroatoms. The zero-order valence-corrected chi connectivity index (χ0v) is 14.9. The number of hydrogen-bond acceptors (Lipinski definition) is 4. The van der Waals surface area contributed by atoms with Gasteiger partial charge < -0.3 is 19.9 Å². The van der Waals surface area contributed by atoms with Gasteiger partial charge in [-0.2, -0.15) is 0 Å². The zero-order valence-electron chi connectivity index (χ0n) is 14.9. The van der Waals surface area contributed by atoms with Gasteiger partial charge in [0.2, 0.25) is 5.78 Å². The van der Waals surface area contributed by atoms with Crippen molar-refractivity contribution in [3.8, 4) is 28.5 Å². The highest BCUT2D eigenvalue weighted by Gasteiger charge is 2.32. The standard InChI is InChI=1S/C23H14FNO4/c24-13-7-5-12(6-8-13)22-16(15-3-1-2-4-17(15)25-22)11-20-23(28)21-18(27)9-14(26)10-19(21)29-20/h1-11,25-27H/b20-11-. The number of fused-ring (bicyclic) bond motifs is 2. The largest absolute Gasteiger partial charge is 0.508 e. The summed E-state index contributed by atoms with van der Waals surface area (Å²) in [4.78, 5) is 16.1. The Morgan fingerprint density at radius 1 is 1.00 bits per heavy atom. The van der Waals surface area contributed by atoms with Crippen molar-refractivity contribution in [3.63, 3.8) is 0 Å². The molecule has 5 nitrogen and oxygen atoms in total.